The molecule has 0 saturated carbocycles. The summed E-state index contributed by atoms with van der Waals surface area (Å²) in [6.07, 6.45) is -0.419. The molecule has 27 heavy (non-hydrogen) atoms. The lowest BCUT2D eigenvalue weighted by Crippen LogP contribution is -2.42. The molecule has 0 spiro atoms. The number of ether oxygens (including phenoxy) is 2. The van der Waals surface area contributed by atoms with Crippen LogP contribution in [0.15, 0.2) is 60.7 Å². The number of ketones is 1. The molecule has 2 aromatic rings. The number of carbonyl (C=O) groups excluding carboxylic acids is 3. The molecule has 6 heteroatoms. The van der Waals surface area contributed by atoms with Crippen LogP contribution in [-0.2, 0) is 32.3 Å². The Balaban J connectivity index is 1.88. The largest absolute Gasteiger partial charge is 0.459 e. The SMILES string of the molecule is CC(=O)CC[C@@H](NC(=O)OCc1ccccc1)C(=O)OCc1ccccc1. The van der Waals surface area contributed by atoms with E-state index < -0.39 is 18.1 Å². The Hall–Kier alpha value is -3.15. The summed E-state index contributed by atoms with van der Waals surface area (Å²) in [4.78, 5) is 35.6. The predicted octanol–water partition coefficient (Wildman–Crippen LogP) is 3.39. The number of carbonyl (C=O) groups is 3. The highest BCUT2D eigenvalue weighted by molar-refractivity contribution is 5.82. The molecule has 0 aromatic heterocycles. The number of benzene rings is 2. The van der Waals surface area contributed by atoms with Crippen molar-refractivity contribution in [3.63, 3.8) is 0 Å². The van der Waals surface area contributed by atoms with Crippen molar-refractivity contribution in [3.05, 3.63) is 71.8 Å². The lowest BCUT2D eigenvalue weighted by atomic mass is 10.1. The Kier molecular flexibility index (Phi) is 8.03. The molecule has 2 aromatic carbocycles. The Morgan fingerprint density at radius 3 is 1.89 bits per heavy atom. The smallest absolute Gasteiger partial charge is 0.408 e. The van der Waals surface area contributed by atoms with Crippen LogP contribution in [0.25, 0.3) is 0 Å². The van der Waals surface area contributed by atoms with E-state index in [1.807, 2.05) is 60.7 Å². The van der Waals surface area contributed by atoms with E-state index in [0.29, 0.717) is 0 Å². The Morgan fingerprint density at radius 2 is 1.37 bits per heavy atom. The van der Waals surface area contributed by atoms with Crippen molar-refractivity contribution in [2.45, 2.75) is 39.0 Å². The van der Waals surface area contributed by atoms with Crippen molar-refractivity contribution >= 4 is 17.8 Å². The number of Topliss-reactive ketones (excluding diaryl/α,β-unsaturated/α-hetero) is 1. The van der Waals surface area contributed by atoms with E-state index in [-0.39, 0.29) is 31.8 Å². The van der Waals surface area contributed by atoms with Crippen molar-refractivity contribution in [2.75, 3.05) is 0 Å². The van der Waals surface area contributed by atoms with Gasteiger partial charge in [-0.2, -0.15) is 0 Å². The second kappa shape index (κ2) is 10.8. The van der Waals surface area contributed by atoms with E-state index >= 15 is 0 Å². The van der Waals surface area contributed by atoms with Gasteiger partial charge in [0, 0.05) is 6.42 Å². The van der Waals surface area contributed by atoms with Crippen LogP contribution >= 0.6 is 0 Å². The average molecular weight is 369 g/mol. The topological polar surface area (TPSA) is 81.7 Å². The monoisotopic (exact) mass is 369 g/mol. The summed E-state index contributed by atoms with van der Waals surface area (Å²) in [6, 6.07) is 17.5. The first kappa shape index (κ1) is 20.2. The average Bonchev–Trinajstić information content (AvgIpc) is 2.69. The molecule has 1 N–H and O–H groups in total. The van der Waals surface area contributed by atoms with E-state index in [2.05, 4.69) is 5.32 Å². The summed E-state index contributed by atoms with van der Waals surface area (Å²) >= 11 is 0. The number of hydrogen-bond donors (Lipinski definition) is 1. The van der Waals surface area contributed by atoms with Crippen LogP contribution in [0.1, 0.15) is 30.9 Å². The maximum Gasteiger partial charge on any atom is 0.408 e. The first-order valence-electron chi connectivity index (χ1n) is 8.72. The van der Waals surface area contributed by atoms with Crippen LogP contribution in [0.3, 0.4) is 0 Å². The van der Waals surface area contributed by atoms with E-state index in [1.54, 1.807) is 0 Å². The summed E-state index contributed by atoms with van der Waals surface area (Å²) in [7, 11) is 0. The van der Waals surface area contributed by atoms with Gasteiger partial charge < -0.3 is 19.6 Å². The summed E-state index contributed by atoms with van der Waals surface area (Å²) in [5, 5.41) is 2.49. The van der Waals surface area contributed by atoms with Crippen LogP contribution in [0.5, 0.6) is 0 Å². The van der Waals surface area contributed by atoms with Gasteiger partial charge in [-0.3, -0.25) is 0 Å². The minimum atomic E-state index is -0.944. The van der Waals surface area contributed by atoms with Crippen LogP contribution in [0.4, 0.5) is 4.79 Å². The fraction of sp³-hybridized carbons (Fsp3) is 0.286. The van der Waals surface area contributed by atoms with E-state index in [9.17, 15) is 14.4 Å². The molecule has 0 saturated heterocycles. The van der Waals surface area contributed by atoms with Gasteiger partial charge in [0.15, 0.2) is 0 Å². The number of rotatable bonds is 9. The lowest BCUT2D eigenvalue weighted by molar-refractivity contribution is -0.147. The third-order valence-corrected chi connectivity index (χ3v) is 3.80. The van der Waals surface area contributed by atoms with Gasteiger partial charge in [0.1, 0.15) is 25.0 Å². The molecule has 0 aliphatic rings. The molecule has 0 bridgehead atoms. The van der Waals surface area contributed by atoms with Crippen molar-refractivity contribution < 1.29 is 23.9 Å². The highest BCUT2D eigenvalue weighted by atomic mass is 16.6. The summed E-state index contributed by atoms with van der Waals surface area (Å²) < 4.78 is 10.4. The van der Waals surface area contributed by atoms with Crippen molar-refractivity contribution in [3.8, 4) is 0 Å². The molecule has 0 radical (unpaired) electrons. The summed E-state index contributed by atoms with van der Waals surface area (Å²) in [6.45, 7) is 1.61. The first-order valence-corrected chi connectivity index (χ1v) is 8.72. The molecule has 0 fully saturated rings. The van der Waals surface area contributed by atoms with Crippen molar-refractivity contribution in [1.82, 2.24) is 5.32 Å². The second-order valence-electron chi connectivity index (χ2n) is 6.09. The predicted molar refractivity (Wildman–Crippen MR) is 99.7 cm³/mol. The fourth-order valence-corrected chi connectivity index (χ4v) is 2.33. The van der Waals surface area contributed by atoms with Gasteiger partial charge in [0.05, 0.1) is 0 Å². The zero-order chi connectivity index (χ0) is 19.5. The number of amides is 1. The maximum absolute atomic E-state index is 12.3. The third-order valence-electron chi connectivity index (χ3n) is 3.80. The second-order valence-corrected chi connectivity index (χ2v) is 6.09. The minimum absolute atomic E-state index is 0.0738. The quantitative estimate of drug-likeness (QED) is 0.685. The van der Waals surface area contributed by atoms with Gasteiger partial charge in [-0.15, -0.1) is 0 Å². The van der Waals surface area contributed by atoms with Gasteiger partial charge in [-0.25, -0.2) is 9.59 Å². The van der Waals surface area contributed by atoms with E-state index in [0.717, 1.165) is 11.1 Å². The van der Waals surface area contributed by atoms with Crippen LogP contribution < -0.4 is 5.32 Å². The first-order chi connectivity index (χ1) is 13.0. The summed E-state index contributed by atoms with van der Waals surface area (Å²) in [5.74, 6) is -0.674. The Morgan fingerprint density at radius 1 is 0.852 bits per heavy atom. The van der Waals surface area contributed by atoms with Crippen LogP contribution in [-0.4, -0.2) is 23.9 Å². The summed E-state index contributed by atoms with van der Waals surface area (Å²) in [5.41, 5.74) is 1.67. The van der Waals surface area contributed by atoms with Gasteiger partial charge >= 0.3 is 12.1 Å². The lowest BCUT2D eigenvalue weighted by Gasteiger charge is -2.17. The third kappa shape index (κ3) is 7.73. The standard InChI is InChI=1S/C21H23NO5/c1-16(23)12-13-19(20(24)26-14-17-8-4-2-5-9-17)22-21(25)27-15-18-10-6-3-7-11-18/h2-11,19H,12-15H2,1H3,(H,22,25)/t19-/m1/s1. The van der Waals surface area contributed by atoms with Crippen molar-refractivity contribution in [1.29, 1.82) is 0 Å². The minimum Gasteiger partial charge on any atom is -0.459 e. The Labute approximate surface area is 158 Å². The number of alkyl carbamates (subject to hydrolysis) is 1. The molecular weight excluding hydrogens is 346 g/mol. The molecule has 0 unspecified atom stereocenters. The number of esters is 1. The van der Waals surface area contributed by atoms with Gasteiger partial charge in [-0.05, 0) is 24.5 Å². The van der Waals surface area contributed by atoms with Crippen LogP contribution in [0, 0.1) is 0 Å². The normalized spacial score (nSPS) is 11.3. The molecule has 1 amide bonds. The molecule has 0 aliphatic heterocycles. The van der Waals surface area contributed by atoms with Gasteiger partial charge in [-0.1, -0.05) is 60.7 Å². The molecule has 2 rings (SSSR count). The van der Waals surface area contributed by atoms with E-state index in [4.69, 9.17) is 9.47 Å². The Bertz CT molecular complexity index is 746. The molecular formula is C21H23NO5. The molecule has 6 nitrogen and oxygen atoms in total. The van der Waals surface area contributed by atoms with E-state index in [1.165, 1.54) is 6.92 Å². The highest BCUT2D eigenvalue weighted by Gasteiger charge is 2.23. The van der Waals surface area contributed by atoms with Gasteiger partial charge in [0.25, 0.3) is 0 Å². The molecule has 0 aliphatic carbocycles. The van der Waals surface area contributed by atoms with Crippen LogP contribution in [0.2, 0.25) is 0 Å². The molecule has 142 valence electrons. The van der Waals surface area contributed by atoms with Gasteiger partial charge in [0.2, 0.25) is 0 Å². The zero-order valence-corrected chi connectivity index (χ0v) is 15.2. The molecule has 1 atom stereocenters. The van der Waals surface area contributed by atoms with Crippen molar-refractivity contribution in [2.24, 2.45) is 0 Å². The zero-order valence-electron chi connectivity index (χ0n) is 15.2. The maximum atomic E-state index is 12.3. The number of hydrogen-bond acceptors (Lipinski definition) is 5. The number of nitrogens with one attached hydrogen (secondary N) is 1. The highest BCUT2D eigenvalue weighted by Crippen LogP contribution is 2.07. The molecule has 0 heterocycles. The fourth-order valence-electron chi connectivity index (χ4n) is 2.33.